The van der Waals surface area contributed by atoms with Crippen molar-refractivity contribution in [2.75, 3.05) is 0 Å². The number of nitrogens with zero attached hydrogens (tertiary/aromatic N) is 2. The zero-order valence-corrected chi connectivity index (χ0v) is 18.6. The molecule has 0 saturated carbocycles. The molecule has 4 aromatic carbocycles. The molecule has 2 heteroatoms. The monoisotopic (exact) mass is 434 g/mol. The zero-order valence-electron chi connectivity index (χ0n) is 18.6. The summed E-state index contributed by atoms with van der Waals surface area (Å²) in [6, 6.07) is 44.3. The summed E-state index contributed by atoms with van der Waals surface area (Å²) in [6.07, 6.45) is 1.84. The van der Waals surface area contributed by atoms with Gasteiger partial charge in [-0.15, -0.1) is 0 Å². The van der Waals surface area contributed by atoms with E-state index in [4.69, 9.17) is 4.98 Å². The maximum atomic E-state index is 5.03. The molecule has 0 amide bonds. The van der Waals surface area contributed by atoms with Gasteiger partial charge in [-0.25, -0.2) is 4.98 Å². The van der Waals surface area contributed by atoms with Crippen LogP contribution in [0.25, 0.3) is 55.7 Å². The normalized spacial score (nSPS) is 10.9. The Kier molecular flexibility index (Phi) is 5.17. The summed E-state index contributed by atoms with van der Waals surface area (Å²) in [7, 11) is 0. The van der Waals surface area contributed by atoms with E-state index in [1.165, 1.54) is 16.7 Å². The van der Waals surface area contributed by atoms with E-state index in [2.05, 4.69) is 102 Å². The fourth-order valence-electron chi connectivity index (χ4n) is 4.41. The molecule has 0 radical (unpaired) electrons. The van der Waals surface area contributed by atoms with E-state index in [-0.39, 0.29) is 0 Å². The lowest BCUT2D eigenvalue weighted by Crippen LogP contribution is -1.91. The summed E-state index contributed by atoms with van der Waals surface area (Å²) >= 11 is 0. The minimum absolute atomic E-state index is 0.968. The molecule has 0 N–H and O–H groups in total. The molecule has 2 aromatic heterocycles. The van der Waals surface area contributed by atoms with Gasteiger partial charge in [0.25, 0.3) is 0 Å². The van der Waals surface area contributed by atoms with Crippen molar-refractivity contribution in [1.29, 1.82) is 0 Å². The first-order valence-corrected chi connectivity index (χ1v) is 11.4. The Labute approximate surface area is 199 Å². The molecule has 6 rings (SSSR count). The minimum Gasteiger partial charge on any atom is -0.256 e. The lowest BCUT2D eigenvalue weighted by Gasteiger charge is -2.13. The predicted molar refractivity (Wildman–Crippen MR) is 141 cm³/mol. The molecule has 0 fully saturated rings. The third-order valence-corrected chi connectivity index (χ3v) is 6.12. The first kappa shape index (κ1) is 20.1. The molecule has 0 atom stereocenters. The Bertz CT molecular complexity index is 1570. The van der Waals surface area contributed by atoms with E-state index >= 15 is 0 Å². The van der Waals surface area contributed by atoms with Crippen molar-refractivity contribution in [3.8, 4) is 44.8 Å². The zero-order chi connectivity index (χ0) is 22.7. The van der Waals surface area contributed by atoms with Crippen LogP contribution in [-0.4, -0.2) is 9.97 Å². The number of benzene rings is 4. The summed E-state index contributed by atoms with van der Waals surface area (Å²) in [5.41, 5.74) is 9.84. The molecule has 0 aliphatic heterocycles. The van der Waals surface area contributed by atoms with Gasteiger partial charge in [0.05, 0.1) is 16.9 Å². The van der Waals surface area contributed by atoms with Crippen LogP contribution in [0.5, 0.6) is 0 Å². The van der Waals surface area contributed by atoms with E-state index < -0.39 is 0 Å². The third kappa shape index (κ3) is 3.87. The van der Waals surface area contributed by atoms with Gasteiger partial charge in [0.2, 0.25) is 0 Å². The van der Waals surface area contributed by atoms with E-state index in [9.17, 15) is 0 Å². The number of pyridine rings is 2. The number of hydrogen-bond donors (Lipinski definition) is 0. The van der Waals surface area contributed by atoms with Crippen molar-refractivity contribution < 1.29 is 0 Å². The van der Waals surface area contributed by atoms with Crippen LogP contribution < -0.4 is 0 Å². The van der Waals surface area contributed by atoms with Crippen molar-refractivity contribution in [2.24, 2.45) is 0 Å². The van der Waals surface area contributed by atoms with Gasteiger partial charge in [-0.3, -0.25) is 4.98 Å². The van der Waals surface area contributed by atoms with Crippen LogP contribution in [0.15, 0.2) is 134 Å². The molecular weight excluding hydrogens is 412 g/mol. The Hall–Kier alpha value is -4.56. The van der Waals surface area contributed by atoms with Crippen molar-refractivity contribution in [3.63, 3.8) is 0 Å². The molecule has 2 nitrogen and oxygen atoms in total. The summed E-state index contributed by atoms with van der Waals surface area (Å²) in [6.45, 7) is 0. The highest BCUT2D eigenvalue weighted by Gasteiger charge is 2.12. The lowest BCUT2D eigenvalue weighted by molar-refractivity contribution is 1.33. The molecule has 0 aliphatic carbocycles. The van der Waals surface area contributed by atoms with Gasteiger partial charge in [0.15, 0.2) is 0 Å². The summed E-state index contributed by atoms with van der Waals surface area (Å²) in [5.74, 6) is 0. The molecular formula is C32H22N2. The molecule has 6 aromatic rings. The van der Waals surface area contributed by atoms with Gasteiger partial charge >= 0.3 is 0 Å². The van der Waals surface area contributed by atoms with Crippen LogP contribution in [0.4, 0.5) is 0 Å². The van der Waals surface area contributed by atoms with Gasteiger partial charge in [-0.2, -0.15) is 0 Å². The molecule has 0 aliphatic rings. The van der Waals surface area contributed by atoms with Crippen molar-refractivity contribution in [2.45, 2.75) is 0 Å². The van der Waals surface area contributed by atoms with Gasteiger partial charge in [-0.05, 0) is 58.7 Å². The fourth-order valence-corrected chi connectivity index (χ4v) is 4.41. The second kappa shape index (κ2) is 8.76. The number of hydrogen-bond acceptors (Lipinski definition) is 2. The highest BCUT2D eigenvalue weighted by Crippen LogP contribution is 2.36. The fraction of sp³-hybridized carbons (Fsp3) is 0. The Morgan fingerprint density at radius 3 is 1.88 bits per heavy atom. The standard InChI is InChI=1S/C32H22N2/c1-3-10-23(11-4-1)25-17-18-31-29(21-25)28(22-32(34-31)24-12-5-2-6-13-24)26-14-9-15-27(20-26)30-16-7-8-19-33-30/h1-22H. The van der Waals surface area contributed by atoms with Gasteiger partial charge < -0.3 is 0 Å². The van der Waals surface area contributed by atoms with Gasteiger partial charge in [0, 0.05) is 22.7 Å². The molecule has 0 unspecified atom stereocenters. The Morgan fingerprint density at radius 1 is 0.412 bits per heavy atom. The maximum absolute atomic E-state index is 5.03. The molecule has 160 valence electrons. The molecule has 0 bridgehead atoms. The second-order valence-electron chi connectivity index (χ2n) is 8.31. The summed E-state index contributed by atoms with van der Waals surface area (Å²) < 4.78 is 0. The van der Waals surface area contributed by atoms with E-state index in [0.29, 0.717) is 0 Å². The van der Waals surface area contributed by atoms with Crippen LogP contribution in [0.3, 0.4) is 0 Å². The van der Waals surface area contributed by atoms with Crippen LogP contribution in [0.1, 0.15) is 0 Å². The van der Waals surface area contributed by atoms with E-state index in [0.717, 1.165) is 39.0 Å². The van der Waals surface area contributed by atoms with Crippen LogP contribution in [0.2, 0.25) is 0 Å². The van der Waals surface area contributed by atoms with Crippen LogP contribution in [-0.2, 0) is 0 Å². The number of fused-ring (bicyclic) bond motifs is 1. The average Bonchev–Trinajstić information content (AvgIpc) is 2.93. The lowest BCUT2D eigenvalue weighted by atomic mass is 9.94. The smallest absolute Gasteiger partial charge is 0.0716 e. The second-order valence-corrected chi connectivity index (χ2v) is 8.31. The van der Waals surface area contributed by atoms with Crippen LogP contribution in [0, 0.1) is 0 Å². The Morgan fingerprint density at radius 2 is 1.12 bits per heavy atom. The number of rotatable bonds is 4. The number of aromatic nitrogens is 2. The molecule has 0 saturated heterocycles. The maximum Gasteiger partial charge on any atom is 0.0716 e. The molecule has 0 spiro atoms. The summed E-state index contributed by atoms with van der Waals surface area (Å²) in [4.78, 5) is 9.59. The van der Waals surface area contributed by atoms with Gasteiger partial charge in [0.1, 0.15) is 0 Å². The highest BCUT2D eigenvalue weighted by atomic mass is 14.7. The summed E-state index contributed by atoms with van der Waals surface area (Å²) in [5, 5.41) is 1.14. The quantitative estimate of drug-likeness (QED) is 0.279. The molecule has 34 heavy (non-hydrogen) atoms. The van der Waals surface area contributed by atoms with Crippen molar-refractivity contribution in [1.82, 2.24) is 9.97 Å². The molecule has 2 heterocycles. The first-order chi connectivity index (χ1) is 16.8. The van der Waals surface area contributed by atoms with Crippen LogP contribution >= 0.6 is 0 Å². The topological polar surface area (TPSA) is 25.8 Å². The third-order valence-electron chi connectivity index (χ3n) is 6.12. The SMILES string of the molecule is c1ccc(-c2ccc3nc(-c4ccccc4)cc(-c4cccc(-c5ccccn5)c4)c3c2)cc1. The minimum atomic E-state index is 0.968. The Balaban J connectivity index is 1.59. The largest absolute Gasteiger partial charge is 0.256 e. The first-order valence-electron chi connectivity index (χ1n) is 11.4. The van der Waals surface area contributed by atoms with Crippen molar-refractivity contribution >= 4 is 10.9 Å². The van der Waals surface area contributed by atoms with Crippen molar-refractivity contribution in [3.05, 3.63) is 134 Å². The van der Waals surface area contributed by atoms with Gasteiger partial charge in [-0.1, -0.05) is 91.0 Å². The predicted octanol–water partition coefficient (Wildman–Crippen LogP) is 8.30. The highest BCUT2D eigenvalue weighted by molar-refractivity contribution is 5.99. The van der Waals surface area contributed by atoms with E-state index in [1.807, 2.05) is 36.5 Å². The average molecular weight is 435 g/mol. The van der Waals surface area contributed by atoms with E-state index in [1.54, 1.807) is 0 Å².